The van der Waals surface area contributed by atoms with Crippen molar-refractivity contribution in [3.63, 3.8) is 0 Å². The van der Waals surface area contributed by atoms with Gasteiger partial charge < -0.3 is 20.7 Å². The molecule has 0 saturated heterocycles. The van der Waals surface area contributed by atoms with Gasteiger partial charge in [0.05, 0.1) is 5.56 Å². The van der Waals surface area contributed by atoms with Crippen molar-refractivity contribution in [3.8, 4) is 11.6 Å². The van der Waals surface area contributed by atoms with E-state index in [1.807, 2.05) is 0 Å². The van der Waals surface area contributed by atoms with Gasteiger partial charge in [-0.2, -0.15) is 13.2 Å². The molecule has 0 fully saturated rings. The first-order chi connectivity index (χ1) is 14.2. The number of amides is 2. The van der Waals surface area contributed by atoms with E-state index in [-0.39, 0.29) is 5.69 Å². The Morgan fingerprint density at radius 1 is 1.00 bits per heavy atom. The van der Waals surface area contributed by atoms with Crippen LogP contribution in [0.5, 0.6) is 11.6 Å². The molecule has 0 unspecified atom stereocenters. The average Bonchev–Trinajstić information content (AvgIpc) is 2.70. The van der Waals surface area contributed by atoms with Gasteiger partial charge >= 0.3 is 12.2 Å². The van der Waals surface area contributed by atoms with Gasteiger partial charge in [-0.15, -0.1) is 0 Å². The molecule has 7 nitrogen and oxygen atoms in total. The first kappa shape index (κ1) is 20.9. The van der Waals surface area contributed by atoms with Crippen molar-refractivity contribution in [2.24, 2.45) is 0 Å². The van der Waals surface area contributed by atoms with Crippen LogP contribution >= 0.6 is 0 Å². The van der Waals surface area contributed by atoms with Crippen LogP contribution in [0.1, 0.15) is 11.1 Å². The third kappa shape index (κ3) is 5.37. The highest BCUT2D eigenvalue weighted by Crippen LogP contribution is 2.30. The Balaban J connectivity index is 1.63. The van der Waals surface area contributed by atoms with Crippen LogP contribution in [-0.2, 0) is 6.18 Å². The molecule has 3 aromatic rings. The molecule has 156 valence electrons. The first-order valence-electron chi connectivity index (χ1n) is 8.78. The number of ether oxygens (including phenoxy) is 1. The SMILES string of the molecule is CNc1cc(Oc2ccc(NC(=O)Nc3ccc(C(F)(F)F)cc3)c(C)c2)ncn1. The Kier molecular flexibility index (Phi) is 6.05. The lowest BCUT2D eigenvalue weighted by Crippen LogP contribution is -2.20. The zero-order chi connectivity index (χ0) is 21.7. The van der Waals surface area contributed by atoms with Gasteiger partial charge in [0.25, 0.3) is 0 Å². The van der Waals surface area contributed by atoms with Crippen molar-refractivity contribution in [2.75, 3.05) is 23.0 Å². The Morgan fingerprint density at radius 3 is 2.37 bits per heavy atom. The molecule has 1 aromatic heterocycles. The number of aromatic nitrogens is 2. The molecule has 0 aliphatic rings. The number of carbonyl (C=O) groups excluding carboxylic acids is 1. The molecule has 1 heterocycles. The summed E-state index contributed by atoms with van der Waals surface area (Å²) in [7, 11) is 1.73. The Morgan fingerprint density at radius 2 is 1.73 bits per heavy atom. The van der Waals surface area contributed by atoms with Crippen LogP contribution in [0.4, 0.5) is 35.2 Å². The topological polar surface area (TPSA) is 88.2 Å². The minimum Gasteiger partial charge on any atom is -0.439 e. The van der Waals surface area contributed by atoms with Crippen molar-refractivity contribution >= 4 is 23.2 Å². The number of rotatable bonds is 5. The molecule has 3 rings (SSSR count). The summed E-state index contributed by atoms with van der Waals surface area (Å²) in [6.45, 7) is 1.78. The Labute approximate surface area is 170 Å². The molecule has 0 radical (unpaired) electrons. The summed E-state index contributed by atoms with van der Waals surface area (Å²) in [4.78, 5) is 20.2. The maximum absolute atomic E-state index is 12.6. The number of alkyl halides is 3. The summed E-state index contributed by atoms with van der Waals surface area (Å²) in [5.41, 5.74) is 0.691. The molecule has 0 atom stereocenters. The second-order valence-electron chi connectivity index (χ2n) is 6.22. The molecule has 30 heavy (non-hydrogen) atoms. The zero-order valence-electron chi connectivity index (χ0n) is 16.0. The third-order valence-electron chi connectivity index (χ3n) is 4.04. The number of nitrogens with zero attached hydrogens (tertiary/aromatic N) is 2. The van der Waals surface area contributed by atoms with Crippen molar-refractivity contribution < 1.29 is 22.7 Å². The van der Waals surface area contributed by atoms with E-state index >= 15 is 0 Å². The molecule has 2 amide bonds. The predicted molar refractivity (Wildman–Crippen MR) is 107 cm³/mol. The zero-order valence-corrected chi connectivity index (χ0v) is 16.0. The number of benzene rings is 2. The molecule has 3 N–H and O–H groups in total. The lowest BCUT2D eigenvalue weighted by atomic mass is 10.2. The van der Waals surface area contributed by atoms with Gasteiger partial charge in [0, 0.05) is 24.5 Å². The van der Waals surface area contributed by atoms with Crippen LogP contribution in [0.15, 0.2) is 54.9 Å². The largest absolute Gasteiger partial charge is 0.439 e. The van der Waals surface area contributed by atoms with Crippen molar-refractivity contribution in [3.05, 3.63) is 66.0 Å². The lowest BCUT2D eigenvalue weighted by molar-refractivity contribution is -0.137. The van der Waals surface area contributed by atoms with Crippen LogP contribution in [0.2, 0.25) is 0 Å². The normalized spacial score (nSPS) is 11.0. The summed E-state index contributed by atoms with van der Waals surface area (Å²) in [5.74, 6) is 1.48. The predicted octanol–water partition coefficient (Wildman–Crippen LogP) is 5.28. The van der Waals surface area contributed by atoms with Gasteiger partial charge in [-0.05, 0) is 55.0 Å². The second kappa shape index (κ2) is 8.68. The quantitative estimate of drug-likeness (QED) is 0.526. The van der Waals surface area contributed by atoms with Crippen LogP contribution in [0.3, 0.4) is 0 Å². The van der Waals surface area contributed by atoms with Gasteiger partial charge in [0.15, 0.2) is 0 Å². The fourth-order valence-electron chi connectivity index (χ4n) is 2.52. The number of urea groups is 1. The molecule has 10 heteroatoms. The highest BCUT2D eigenvalue weighted by atomic mass is 19.4. The third-order valence-corrected chi connectivity index (χ3v) is 4.04. The molecule has 0 bridgehead atoms. The summed E-state index contributed by atoms with van der Waals surface area (Å²) in [5, 5.41) is 8.02. The second-order valence-corrected chi connectivity index (χ2v) is 6.22. The van der Waals surface area contributed by atoms with Gasteiger partial charge in [0.1, 0.15) is 17.9 Å². The maximum atomic E-state index is 12.6. The smallest absolute Gasteiger partial charge is 0.416 e. The highest BCUT2D eigenvalue weighted by Gasteiger charge is 2.29. The van der Waals surface area contributed by atoms with E-state index in [0.717, 1.165) is 17.7 Å². The van der Waals surface area contributed by atoms with E-state index < -0.39 is 17.8 Å². The van der Waals surface area contributed by atoms with E-state index in [0.29, 0.717) is 23.1 Å². The summed E-state index contributed by atoms with van der Waals surface area (Å²) in [6.07, 6.45) is -3.06. The van der Waals surface area contributed by atoms with E-state index in [1.165, 1.54) is 18.5 Å². The summed E-state index contributed by atoms with van der Waals surface area (Å²) in [6, 6.07) is 10.3. The average molecular weight is 417 g/mol. The van der Waals surface area contributed by atoms with Crippen LogP contribution in [-0.4, -0.2) is 23.0 Å². The molecule has 0 aliphatic heterocycles. The van der Waals surface area contributed by atoms with Crippen LogP contribution < -0.4 is 20.7 Å². The number of aryl methyl sites for hydroxylation is 1. The van der Waals surface area contributed by atoms with Crippen molar-refractivity contribution in [1.82, 2.24) is 9.97 Å². The van der Waals surface area contributed by atoms with Gasteiger partial charge in [0.2, 0.25) is 5.88 Å². The molecular weight excluding hydrogens is 399 g/mol. The minimum absolute atomic E-state index is 0.238. The molecule has 0 aliphatic carbocycles. The monoisotopic (exact) mass is 417 g/mol. The fraction of sp³-hybridized carbons (Fsp3) is 0.150. The number of halogens is 3. The molecular formula is C20H18F3N5O2. The van der Waals surface area contributed by atoms with Crippen LogP contribution in [0.25, 0.3) is 0 Å². The van der Waals surface area contributed by atoms with E-state index in [2.05, 4.69) is 25.9 Å². The van der Waals surface area contributed by atoms with E-state index in [1.54, 1.807) is 38.2 Å². The Bertz CT molecular complexity index is 1040. The van der Waals surface area contributed by atoms with Gasteiger partial charge in [-0.25, -0.2) is 14.8 Å². The Hall–Kier alpha value is -3.82. The number of carbonyl (C=O) groups is 1. The van der Waals surface area contributed by atoms with Gasteiger partial charge in [-0.1, -0.05) is 0 Å². The molecule has 0 spiro atoms. The van der Waals surface area contributed by atoms with Crippen LogP contribution in [0, 0.1) is 6.92 Å². The number of hydrogen-bond acceptors (Lipinski definition) is 5. The molecule has 0 saturated carbocycles. The molecule has 2 aromatic carbocycles. The highest BCUT2D eigenvalue weighted by molar-refractivity contribution is 6.00. The first-order valence-corrected chi connectivity index (χ1v) is 8.78. The lowest BCUT2D eigenvalue weighted by Gasteiger charge is -2.12. The van der Waals surface area contributed by atoms with Gasteiger partial charge in [-0.3, -0.25) is 0 Å². The summed E-state index contributed by atoms with van der Waals surface area (Å²) < 4.78 is 43.5. The minimum atomic E-state index is -4.43. The standard InChI is InChI=1S/C20H18F3N5O2/c1-12-9-15(30-18-10-17(24-2)25-11-26-18)7-8-16(12)28-19(29)27-14-5-3-13(4-6-14)20(21,22)23/h3-11H,1-2H3,(H,24,25,26)(H2,27,28,29). The number of nitrogens with one attached hydrogen (secondary N) is 3. The summed E-state index contributed by atoms with van der Waals surface area (Å²) >= 11 is 0. The van der Waals surface area contributed by atoms with Crippen molar-refractivity contribution in [1.29, 1.82) is 0 Å². The van der Waals surface area contributed by atoms with Crippen molar-refractivity contribution in [2.45, 2.75) is 13.1 Å². The van der Waals surface area contributed by atoms with E-state index in [9.17, 15) is 18.0 Å². The fourth-order valence-corrected chi connectivity index (χ4v) is 2.52. The number of anilines is 3. The number of hydrogen-bond donors (Lipinski definition) is 3. The maximum Gasteiger partial charge on any atom is 0.416 e. The van der Waals surface area contributed by atoms with E-state index in [4.69, 9.17) is 4.74 Å².